The molecule has 1 aromatic heterocycles. The van der Waals surface area contributed by atoms with Crippen LogP contribution < -0.4 is 5.32 Å². The van der Waals surface area contributed by atoms with E-state index < -0.39 is 0 Å². The first kappa shape index (κ1) is 10.6. The van der Waals surface area contributed by atoms with Crippen molar-refractivity contribution in [3.05, 3.63) is 16.1 Å². The van der Waals surface area contributed by atoms with Crippen LogP contribution >= 0.6 is 11.3 Å². The van der Waals surface area contributed by atoms with Crippen LogP contribution in [-0.2, 0) is 17.7 Å². The van der Waals surface area contributed by atoms with Gasteiger partial charge in [0.15, 0.2) is 0 Å². The average Bonchev–Trinajstić information content (AvgIpc) is 2.60. The Morgan fingerprint density at radius 3 is 3.08 bits per heavy atom. The summed E-state index contributed by atoms with van der Waals surface area (Å²) >= 11 is 1.78. The van der Waals surface area contributed by atoms with Crippen molar-refractivity contribution in [3.8, 4) is 0 Å². The van der Waals surface area contributed by atoms with Crippen molar-refractivity contribution in [1.29, 1.82) is 0 Å². The van der Waals surface area contributed by atoms with Crippen LogP contribution in [0.3, 0.4) is 0 Å². The molecule has 0 fully saturated rings. The van der Waals surface area contributed by atoms with E-state index in [2.05, 4.69) is 17.2 Å². The number of aromatic nitrogens is 1. The highest BCUT2D eigenvalue weighted by atomic mass is 32.1. The second-order valence-electron chi connectivity index (χ2n) is 2.74. The van der Waals surface area contributed by atoms with E-state index in [9.17, 15) is 0 Å². The van der Waals surface area contributed by atoms with Crippen LogP contribution in [0.15, 0.2) is 6.20 Å². The molecule has 0 atom stereocenters. The van der Waals surface area contributed by atoms with Crippen LogP contribution in [0.25, 0.3) is 0 Å². The topological polar surface area (TPSA) is 34.2 Å². The van der Waals surface area contributed by atoms with E-state index in [0.29, 0.717) is 0 Å². The van der Waals surface area contributed by atoms with Gasteiger partial charge in [-0.1, -0.05) is 6.92 Å². The molecule has 0 aliphatic carbocycles. The highest BCUT2D eigenvalue weighted by molar-refractivity contribution is 7.11. The molecule has 0 bridgehead atoms. The molecule has 74 valence electrons. The van der Waals surface area contributed by atoms with E-state index >= 15 is 0 Å². The lowest BCUT2D eigenvalue weighted by Crippen LogP contribution is -2.18. The number of methoxy groups -OCH3 is 1. The summed E-state index contributed by atoms with van der Waals surface area (Å²) in [5.41, 5.74) is 0. The molecule has 0 spiro atoms. The van der Waals surface area contributed by atoms with Crippen molar-refractivity contribution in [2.24, 2.45) is 0 Å². The van der Waals surface area contributed by atoms with Gasteiger partial charge in [-0.3, -0.25) is 0 Å². The minimum Gasteiger partial charge on any atom is -0.383 e. The largest absolute Gasteiger partial charge is 0.383 e. The number of hydrogen-bond acceptors (Lipinski definition) is 4. The fourth-order valence-electron chi connectivity index (χ4n) is 0.963. The Balaban J connectivity index is 2.20. The quantitative estimate of drug-likeness (QED) is 0.706. The van der Waals surface area contributed by atoms with Gasteiger partial charge in [-0.15, -0.1) is 11.3 Å². The van der Waals surface area contributed by atoms with Crippen LogP contribution in [0.5, 0.6) is 0 Å². The Hall–Kier alpha value is -0.450. The zero-order valence-corrected chi connectivity index (χ0v) is 8.99. The lowest BCUT2D eigenvalue weighted by Gasteiger charge is -1.99. The number of hydrogen-bond donors (Lipinski definition) is 1. The van der Waals surface area contributed by atoms with Gasteiger partial charge in [0, 0.05) is 31.3 Å². The zero-order chi connectivity index (χ0) is 9.52. The predicted octanol–water partition coefficient (Wildman–Crippen LogP) is 1.44. The van der Waals surface area contributed by atoms with Crippen LogP contribution in [0.4, 0.5) is 0 Å². The molecule has 0 aliphatic rings. The van der Waals surface area contributed by atoms with Crippen molar-refractivity contribution < 1.29 is 4.74 Å². The molecule has 0 amide bonds. The number of nitrogens with one attached hydrogen (secondary N) is 1. The van der Waals surface area contributed by atoms with E-state index in [1.807, 2.05) is 6.20 Å². The minimum atomic E-state index is 0.756. The smallest absolute Gasteiger partial charge is 0.107 e. The van der Waals surface area contributed by atoms with Crippen molar-refractivity contribution in [3.63, 3.8) is 0 Å². The monoisotopic (exact) mass is 200 g/mol. The van der Waals surface area contributed by atoms with E-state index in [-0.39, 0.29) is 0 Å². The van der Waals surface area contributed by atoms with Crippen molar-refractivity contribution in [2.75, 3.05) is 20.3 Å². The summed E-state index contributed by atoms with van der Waals surface area (Å²) < 4.78 is 4.93. The molecule has 1 heterocycles. The Morgan fingerprint density at radius 1 is 1.62 bits per heavy atom. The molecule has 0 unspecified atom stereocenters. The standard InChI is InChI=1S/C9H16N2OS/c1-3-8-6-11-9(13-8)7-10-4-5-12-2/h6,10H,3-5,7H2,1-2H3. The van der Waals surface area contributed by atoms with Crippen molar-refractivity contribution in [2.45, 2.75) is 19.9 Å². The molecule has 0 saturated carbocycles. The first-order chi connectivity index (χ1) is 6.36. The van der Waals surface area contributed by atoms with Gasteiger partial charge in [0.05, 0.1) is 6.61 Å². The van der Waals surface area contributed by atoms with Crippen LogP contribution in [0.1, 0.15) is 16.8 Å². The highest BCUT2D eigenvalue weighted by Gasteiger charge is 1.98. The van der Waals surface area contributed by atoms with Gasteiger partial charge in [-0.05, 0) is 6.42 Å². The van der Waals surface area contributed by atoms with Crippen LogP contribution in [0.2, 0.25) is 0 Å². The van der Waals surface area contributed by atoms with Gasteiger partial charge >= 0.3 is 0 Å². The van der Waals surface area contributed by atoms with Gasteiger partial charge in [0.2, 0.25) is 0 Å². The summed E-state index contributed by atoms with van der Waals surface area (Å²) in [6, 6.07) is 0. The van der Waals surface area contributed by atoms with E-state index in [1.165, 1.54) is 4.88 Å². The molecule has 3 nitrogen and oxygen atoms in total. The molecule has 4 heteroatoms. The van der Waals surface area contributed by atoms with E-state index in [0.717, 1.165) is 31.1 Å². The maximum absolute atomic E-state index is 4.93. The normalized spacial score (nSPS) is 10.6. The summed E-state index contributed by atoms with van der Waals surface area (Å²) in [5.74, 6) is 0. The van der Waals surface area contributed by atoms with Gasteiger partial charge < -0.3 is 10.1 Å². The van der Waals surface area contributed by atoms with Gasteiger partial charge in [-0.25, -0.2) is 4.98 Å². The number of aryl methyl sites for hydroxylation is 1. The van der Waals surface area contributed by atoms with Crippen LogP contribution in [-0.4, -0.2) is 25.2 Å². The minimum absolute atomic E-state index is 0.756. The molecular weight excluding hydrogens is 184 g/mol. The van der Waals surface area contributed by atoms with Crippen LogP contribution in [0, 0.1) is 0 Å². The average molecular weight is 200 g/mol. The van der Waals surface area contributed by atoms with E-state index in [4.69, 9.17) is 4.74 Å². The Labute approximate surface area is 83.1 Å². The molecule has 1 aromatic rings. The summed E-state index contributed by atoms with van der Waals surface area (Å²) in [6.45, 7) is 4.65. The third kappa shape index (κ3) is 3.85. The molecule has 1 rings (SSSR count). The SMILES string of the molecule is CCc1cnc(CNCCOC)s1. The predicted molar refractivity (Wildman–Crippen MR) is 55.1 cm³/mol. The third-order valence-corrected chi connectivity index (χ3v) is 2.85. The first-order valence-corrected chi connectivity index (χ1v) is 5.31. The lowest BCUT2D eigenvalue weighted by atomic mass is 10.4. The van der Waals surface area contributed by atoms with Crippen molar-refractivity contribution >= 4 is 11.3 Å². The fourth-order valence-corrected chi connectivity index (χ4v) is 1.79. The second-order valence-corrected chi connectivity index (χ2v) is 3.94. The van der Waals surface area contributed by atoms with Gasteiger partial charge in [0.25, 0.3) is 0 Å². The second kappa shape index (κ2) is 6.07. The number of thiazole rings is 1. The van der Waals surface area contributed by atoms with Gasteiger partial charge in [0.1, 0.15) is 5.01 Å². The zero-order valence-electron chi connectivity index (χ0n) is 8.17. The summed E-state index contributed by atoms with van der Waals surface area (Å²) in [4.78, 5) is 5.65. The molecule has 0 radical (unpaired) electrons. The van der Waals surface area contributed by atoms with Gasteiger partial charge in [-0.2, -0.15) is 0 Å². The van der Waals surface area contributed by atoms with Crippen molar-refractivity contribution in [1.82, 2.24) is 10.3 Å². The molecule has 13 heavy (non-hydrogen) atoms. The molecule has 0 saturated heterocycles. The Kier molecular flexibility index (Phi) is 4.97. The Bertz CT molecular complexity index is 237. The summed E-state index contributed by atoms with van der Waals surface area (Å²) in [5, 5.41) is 4.42. The molecule has 0 aromatic carbocycles. The highest BCUT2D eigenvalue weighted by Crippen LogP contribution is 2.12. The fraction of sp³-hybridized carbons (Fsp3) is 0.667. The number of ether oxygens (including phenoxy) is 1. The maximum Gasteiger partial charge on any atom is 0.107 e. The molecule has 0 aliphatic heterocycles. The first-order valence-electron chi connectivity index (χ1n) is 4.50. The Morgan fingerprint density at radius 2 is 2.46 bits per heavy atom. The van der Waals surface area contributed by atoms with E-state index in [1.54, 1.807) is 18.4 Å². The summed E-state index contributed by atoms with van der Waals surface area (Å²) in [6.07, 6.45) is 3.04. The number of nitrogens with zero attached hydrogens (tertiary/aromatic N) is 1. The third-order valence-electron chi connectivity index (χ3n) is 1.71. The lowest BCUT2D eigenvalue weighted by molar-refractivity contribution is 0.199. The number of rotatable bonds is 6. The summed E-state index contributed by atoms with van der Waals surface area (Å²) in [7, 11) is 1.71. The molecule has 1 N–H and O–H groups in total. The molecular formula is C9H16N2OS. The maximum atomic E-state index is 4.93.